The van der Waals surface area contributed by atoms with Crippen LogP contribution in [0, 0.1) is 0 Å². The second-order valence-corrected chi connectivity index (χ2v) is 9.51. The molecule has 0 spiro atoms. The minimum absolute atomic E-state index is 0.0198. The highest BCUT2D eigenvalue weighted by Crippen LogP contribution is 2.52. The third-order valence-electron chi connectivity index (χ3n) is 7.12. The summed E-state index contributed by atoms with van der Waals surface area (Å²) in [4.78, 5) is 0. The monoisotopic (exact) mass is 528 g/mol. The van der Waals surface area contributed by atoms with E-state index in [2.05, 4.69) is 0 Å². The van der Waals surface area contributed by atoms with E-state index < -0.39 is 12.0 Å². The van der Waals surface area contributed by atoms with Gasteiger partial charge in [-0.1, -0.05) is 12.1 Å². The molecule has 0 aliphatic heterocycles. The van der Waals surface area contributed by atoms with Gasteiger partial charge in [0.15, 0.2) is 0 Å². The molecule has 1 aliphatic rings. The lowest BCUT2D eigenvalue weighted by molar-refractivity contribution is 0.0891. The minimum atomic E-state index is -0.855. The lowest BCUT2D eigenvalue weighted by Gasteiger charge is -2.33. The van der Waals surface area contributed by atoms with Gasteiger partial charge in [0.25, 0.3) is 0 Å². The Labute approximate surface area is 224 Å². The van der Waals surface area contributed by atoms with E-state index in [0.29, 0.717) is 50.3 Å². The van der Waals surface area contributed by atoms with E-state index in [4.69, 9.17) is 9.47 Å². The van der Waals surface area contributed by atoms with Gasteiger partial charge in [0.1, 0.15) is 40.3 Å². The molecule has 8 nitrogen and oxygen atoms in total. The first-order valence-corrected chi connectivity index (χ1v) is 12.2. The molecule has 0 fully saturated rings. The molecule has 0 aromatic heterocycles. The fourth-order valence-electron chi connectivity index (χ4n) is 5.58. The maximum atomic E-state index is 11.1. The van der Waals surface area contributed by atoms with Crippen molar-refractivity contribution in [2.45, 2.75) is 18.9 Å². The Balaban J connectivity index is 2.02. The van der Waals surface area contributed by atoms with Crippen LogP contribution in [-0.4, -0.2) is 44.9 Å². The maximum Gasteiger partial charge on any atom is 0.130 e. The summed E-state index contributed by atoms with van der Waals surface area (Å²) in [6.45, 7) is 1.82. The number of benzene rings is 4. The highest BCUT2D eigenvalue weighted by atomic mass is 16.5. The molecule has 5 rings (SSSR count). The number of fused-ring (bicyclic) bond motifs is 4. The van der Waals surface area contributed by atoms with Crippen molar-refractivity contribution in [2.24, 2.45) is 0 Å². The van der Waals surface area contributed by atoms with Gasteiger partial charge in [0.2, 0.25) is 0 Å². The van der Waals surface area contributed by atoms with Crippen LogP contribution in [0.4, 0.5) is 0 Å². The van der Waals surface area contributed by atoms with Crippen molar-refractivity contribution in [3.63, 3.8) is 0 Å². The Morgan fingerprint density at radius 3 is 1.79 bits per heavy atom. The van der Waals surface area contributed by atoms with Gasteiger partial charge in [-0.15, -0.1) is 0 Å². The second-order valence-electron chi connectivity index (χ2n) is 9.51. The van der Waals surface area contributed by atoms with Crippen LogP contribution in [-0.2, 0) is 9.47 Å². The third kappa shape index (κ3) is 4.45. The van der Waals surface area contributed by atoms with E-state index in [0.717, 1.165) is 0 Å². The van der Waals surface area contributed by atoms with Crippen LogP contribution in [0.1, 0.15) is 46.8 Å². The standard InChI is InChI=1S/C31H28O8/c1-15-22-6-4-17(32)11-24(22)28(16-8-19(34)10-20(35)9-16)31(39-3)25-12-18(33)5-7-23(25)29-26(30(15)38-2)13-21(36)14-27(29)37/h4-14,28,31-37H,1-3H3. The molecule has 1 aliphatic carbocycles. The predicted molar refractivity (Wildman–Crippen MR) is 146 cm³/mol. The zero-order chi connectivity index (χ0) is 28.0. The number of ether oxygens (including phenoxy) is 2. The highest BCUT2D eigenvalue weighted by Gasteiger charge is 2.35. The van der Waals surface area contributed by atoms with Crippen molar-refractivity contribution in [2.75, 3.05) is 14.2 Å². The molecule has 0 radical (unpaired) electrons. The maximum absolute atomic E-state index is 11.1. The van der Waals surface area contributed by atoms with Crippen molar-refractivity contribution >= 4 is 11.3 Å². The Hall–Kier alpha value is -4.82. The third-order valence-corrected chi connectivity index (χ3v) is 7.12. The summed E-state index contributed by atoms with van der Waals surface area (Å²) in [5, 5.41) is 63.5. The van der Waals surface area contributed by atoms with Crippen LogP contribution >= 0.6 is 0 Å². The molecule has 0 amide bonds. The zero-order valence-electron chi connectivity index (χ0n) is 21.5. The smallest absolute Gasteiger partial charge is 0.130 e. The Bertz CT molecular complexity index is 1600. The highest BCUT2D eigenvalue weighted by molar-refractivity contribution is 5.96. The molecular weight excluding hydrogens is 500 g/mol. The lowest BCUT2D eigenvalue weighted by Crippen LogP contribution is -2.18. The van der Waals surface area contributed by atoms with Crippen molar-refractivity contribution in [3.05, 3.63) is 94.5 Å². The second kappa shape index (κ2) is 9.81. The summed E-state index contributed by atoms with van der Waals surface area (Å²) < 4.78 is 11.9. The number of phenols is 6. The average molecular weight is 529 g/mol. The predicted octanol–water partition coefficient (Wildman–Crippen LogP) is 5.95. The zero-order valence-corrected chi connectivity index (χ0v) is 21.5. The van der Waals surface area contributed by atoms with Gasteiger partial charge in [-0.25, -0.2) is 0 Å². The number of rotatable bonds is 3. The Morgan fingerprint density at radius 2 is 1.18 bits per heavy atom. The van der Waals surface area contributed by atoms with Gasteiger partial charge < -0.3 is 40.1 Å². The molecule has 2 unspecified atom stereocenters. The van der Waals surface area contributed by atoms with Crippen LogP contribution in [0.15, 0.2) is 66.7 Å². The number of methoxy groups -OCH3 is 2. The topological polar surface area (TPSA) is 140 Å². The van der Waals surface area contributed by atoms with Gasteiger partial charge in [-0.2, -0.15) is 0 Å². The van der Waals surface area contributed by atoms with Crippen LogP contribution in [0.3, 0.4) is 0 Å². The number of allylic oxidation sites excluding steroid dienone is 1. The van der Waals surface area contributed by atoms with Gasteiger partial charge in [-0.05, 0) is 82.8 Å². The van der Waals surface area contributed by atoms with E-state index in [-0.39, 0.29) is 34.5 Å². The number of phenolic OH excluding ortho intramolecular Hbond substituents is 6. The molecular formula is C31H28O8. The Morgan fingerprint density at radius 1 is 0.590 bits per heavy atom. The summed E-state index contributed by atoms with van der Waals surface area (Å²) in [5.41, 5.74) is 4.05. The van der Waals surface area contributed by atoms with E-state index in [1.54, 1.807) is 18.2 Å². The summed E-state index contributed by atoms with van der Waals surface area (Å²) in [6.07, 6.45) is -0.855. The molecule has 4 aromatic rings. The molecule has 39 heavy (non-hydrogen) atoms. The van der Waals surface area contributed by atoms with E-state index in [1.807, 2.05) is 6.92 Å². The number of hydrogen-bond donors (Lipinski definition) is 6. The first kappa shape index (κ1) is 25.8. The summed E-state index contributed by atoms with van der Waals surface area (Å²) >= 11 is 0. The first-order valence-electron chi connectivity index (χ1n) is 12.2. The van der Waals surface area contributed by atoms with Gasteiger partial charge >= 0.3 is 0 Å². The van der Waals surface area contributed by atoms with Crippen molar-refractivity contribution in [3.8, 4) is 45.6 Å². The Kier molecular flexibility index (Phi) is 6.49. The molecule has 0 bridgehead atoms. The quantitative estimate of drug-likeness (QED) is 0.192. The summed E-state index contributed by atoms with van der Waals surface area (Å²) in [7, 11) is 2.97. The van der Waals surface area contributed by atoms with Gasteiger partial charge in [-0.3, -0.25) is 0 Å². The van der Waals surface area contributed by atoms with Crippen molar-refractivity contribution in [1.29, 1.82) is 0 Å². The summed E-state index contributed by atoms with van der Waals surface area (Å²) in [6, 6.07) is 16.4. The molecule has 0 saturated heterocycles. The van der Waals surface area contributed by atoms with E-state index in [9.17, 15) is 30.6 Å². The normalized spacial score (nSPS) is 16.7. The molecule has 200 valence electrons. The fourth-order valence-corrected chi connectivity index (χ4v) is 5.58. The van der Waals surface area contributed by atoms with E-state index in [1.165, 1.54) is 62.8 Å². The average Bonchev–Trinajstić information content (AvgIpc) is 2.86. The van der Waals surface area contributed by atoms with Gasteiger partial charge in [0.05, 0.1) is 13.2 Å². The number of aromatic hydroxyl groups is 6. The van der Waals surface area contributed by atoms with Crippen LogP contribution in [0.2, 0.25) is 0 Å². The molecule has 4 aromatic carbocycles. The van der Waals surface area contributed by atoms with Crippen LogP contribution in [0.25, 0.3) is 22.5 Å². The van der Waals surface area contributed by atoms with Crippen molar-refractivity contribution in [1.82, 2.24) is 0 Å². The number of hydrogen-bond acceptors (Lipinski definition) is 8. The molecule has 0 heterocycles. The fraction of sp³-hybridized carbons (Fsp3) is 0.161. The lowest BCUT2D eigenvalue weighted by atomic mass is 9.76. The SMILES string of the molecule is COC1=C(C)c2ccc(O)cc2C(c2cc(O)cc(O)c2)C(OC)c2cc(O)ccc2-c2c(O)cc(O)cc21. The van der Waals surface area contributed by atoms with Gasteiger partial charge in [0, 0.05) is 36.3 Å². The first-order chi connectivity index (χ1) is 18.6. The van der Waals surface area contributed by atoms with E-state index >= 15 is 0 Å². The largest absolute Gasteiger partial charge is 0.508 e. The summed E-state index contributed by atoms with van der Waals surface area (Å²) in [5.74, 6) is -1.18. The minimum Gasteiger partial charge on any atom is -0.508 e. The van der Waals surface area contributed by atoms with Crippen LogP contribution in [0.5, 0.6) is 34.5 Å². The van der Waals surface area contributed by atoms with Crippen molar-refractivity contribution < 1.29 is 40.1 Å². The van der Waals surface area contributed by atoms with Crippen LogP contribution < -0.4 is 0 Å². The molecule has 8 heteroatoms. The molecule has 0 saturated carbocycles. The molecule has 2 atom stereocenters. The molecule has 6 N–H and O–H groups in total.